The van der Waals surface area contributed by atoms with E-state index in [2.05, 4.69) is 4.98 Å². The van der Waals surface area contributed by atoms with Crippen LogP contribution in [-0.2, 0) is 0 Å². The Morgan fingerprint density at radius 2 is 2.00 bits per heavy atom. The highest BCUT2D eigenvalue weighted by atomic mass is 19.1. The molecule has 90 valence electrons. The number of nitriles is 1. The fourth-order valence-corrected chi connectivity index (χ4v) is 1.57. The SMILES string of the molecule is COc1cc(-c2cc(F)ccc2C#N)c(F)cn1. The summed E-state index contributed by atoms with van der Waals surface area (Å²) in [5.74, 6) is -0.989. The van der Waals surface area contributed by atoms with E-state index in [9.17, 15) is 8.78 Å². The molecule has 3 nitrogen and oxygen atoms in total. The Balaban J connectivity index is 2.68. The number of aromatic nitrogens is 1. The lowest BCUT2D eigenvalue weighted by Gasteiger charge is -2.07. The Labute approximate surface area is 102 Å². The van der Waals surface area contributed by atoms with Crippen molar-refractivity contribution in [1.82, 2.24) is 4.98 Å². The first-order valence-corrected chi connectivity index (χ1v) is 5.05. The number of pyridine rings is 1. The van der Waals surface area contributed by atoms with Crippen LogP contribution in [0, 0.1) is 23.0 Å². The van der Waals surface area contributed by atoms with Gasteiger partial charge in [0, 0.05) is 17.2 Å². The van der Waals surface area contributed by atoms with Crippen molar-refractivity contribution in [2.24, 2.45) is 0 Å². The van der Waals surface area contributed by atoms with Crippen LogP contribution in [0.1, 0.15) is 5.56 Å². The second-order valence-corrected chi connectivity index (χ2v) is 3.51. The summed E-state index contributed by atoms with van der Waals surface area (Å²) in [5.41, 5.74) is 0.442. The monoisotopic (exact) mass is 246 g/mol. The van der Waals surface area contributed by atoms with E-state index in [1.54, 1.807) is 0 Å². The molecule has 0 saturated carbocycles. The Morgan fingerprint density at radius 3 is 2.67 bits per heavy atom. The van der Waals surface area contributed by atoms with Crippen LogP contribution in [0.5, 0.6) is 5.88 Å². The topological polar surface area (TPSA) is 45.9 Å². The molecule has 0 atom stereocenters. The van der Waals surface area contributed by atoms with E-state index in [-0.39, 0.29) is 22.6 Å². The summed E-state index contributed by atoms with van der Waals surface area (Å²) in [7, 11) is 1.39. The van der Waals surface area contributed by atoms with Crippen molar-refractivity contribution >= 4 is 0 Å². The molecule has 2 rings (SSSR count). The van der Waals surface area contributed by atoms with E-state index in [0.29, 0.717) is 0 Å². The van der Waals surface area contributed by atoms with Gasteiger partial charge >= 0.3 is 0 Å². The number of rotatable bonds is 2. The van der Waals surface area contributed by atoms with Gasteiger partial charge < -0.3 is 4.74 Å². The van der Waals surface area contributed by atoms with Gasteiger partial charge in [0.25, 0.3) is 0 Å². The fourth-order valence-electron chi connectivity index (χ4n) is 1.57. The van der Waals surface area contributed by atoms with Gasteiger partial charge in [-0.05, 0) is 18.2 Å². The third-order valence-electron chi connectivity index (χ3n) is 2.43. The number of benzene rings is 1. The molecule has 1 aromatic carbocycles. The summed E-state index contributed by atoms with van der Waals surface area (Å²) in [6.45, 7) is 0. The van der Waals surface area contributed by atoms with Gasteiger partial charge in [0.05, 0.1) is 24.9 Å². The van der Waals surface area contributed by atoms with Crippen LogP contribution in [0.3, 0.4) is 0 Å². The summed E-state index contributed by atoms with van der Waals surface area (Å²) < 4.78 is 31.8. The first-order chi connectivity index (χ1) is 8.65. The maximum atomic E-state index is 13.7. The third kappa shape index (κ3) is 2.13. The Bertz CT molecular complexity index is 635. The summed E-state index contributed by atoms with van der Waals surface area (Å²) in [6.07, 6.45) is 0.972. The molecule has 0 unspecified atom stereocenters. The fraction of sp³-hybridized carbons (Fsp3) is 0.0769. The standard InChI is InChI=1S/C13H8F2N2O/c1-18-13-5-11(12(15)7-17-13)10-4-9(14)3-2-8(10)6-16/h2-5,7H,1H3. The molecule has 2 aromatic rings. The molecule has 0 aliphatic heterocycles. The number of hydrogen-bond acceptors (Lipinski definition) is 3. The second kappa shape index (κ2) is 4.80. The summed E-state index contributed by atoms with van der Waals surface area (Å²) >= 11 is 0. The molecule has 5 heteroatoms. The minimum Gasteiger partial charge on any atom is -0.481 e. The number of methoxy groups -OCH3 is 1. The zero-order valence-electron chi connectivity index (χ0n) is 9.45. The number of halogens is 2. The number of ether oxygens (including phenoxy) is 1. The first kappa shape index (κ1) is 12.0. The van der Waals surface area contributed by atoms with E-state index in [1.807, 2.05) is 6.07 Å². The maximum absolute atomic E-state index is 13.7. The predicted octanol–water partition coefficient (Wildman–Crippen LogP) is 2.91. The molecular weight excluding hydrogens is 238 g/mol. The van der Waals surface area contributed by atoms with Crippen LogP contribution in [0.15, 0.2) is 30.5 Å². The Morgan fingerprint density at radius 1 is 1.22 bits per heavy atom. The smallest absolute Gasteiger partial charge is 0.213 e. The van der Waals surface area contributed by atoms with Crippen molar-refractivity contribution in [1.29, 1.82) is 5.26 Å². The van der Waals surface area contributed by atoms with E-state index in [4.69, 9.17) is 10.00 Å². The lowest BCUT2D eigenvalue weighted by molar-refractivity contribution is 0.396. The number of nitrogens with zero attached hydrogens (tertiary/aromatic N) is 2. The van der Waals surface area contributed by atoms with Crippen molar-refractivity contribution in [3.8, 4) is 23.1 Å². The molecular formula is C13H8F2N2O. The molecule has 0 radical (unpaired) electrons. The van der Waals surface area contributed by atoms with E-state index >= 15 is 0 Å². The molecule has 0 aliphatic carbocycles. The van der Waals surface area contributed by atoms with Gasteiger partial charge in [-0.25, -0.2) is 13.8 Å². The molecule has 1 heterocycles. The second-order valence-electron chi connectivity index (χ2n) is 3.51. The zero-order valence-corrected chi connectivity index (χ0v) is 9.45. The van der Waals surface area contributed by atoms with Crippen LogP contribution >= 0.6 is 0 Å². The molecule has 0 N–H and O–H groups in total. The van der Waals surface area contributed by atoms with Crippen LogP contribution in [-0.4, -0.2) is 12.1 Å². The molecule has 0 bridgehead atoms. The molecule has 18 heavy (non-hydrogen) atoms. The van der Waals surface area contributed by atoms with Crippen LogP contribution in [0.4, 0.5) is 8.78 Å². The molecule has 0 amide bonds. The highest BCUT2D eigenvalue weighted by molar-refractivity contribution is 5.71. The summed E-state index contributed by atoms with van der Waals surface area (Å²) in [4.78, 5) is 3.69. The van der Waals surface area contributed by atoms with Crippen LogP contribution < -0.4 is 4.74 Å². The predicted molar refractivity (Wildman–Crippen MR) is 60.9 cm³/mol. The van der Waals surface area contributed by atoms with Gasteiger partial charge in [-0.1, -0.05) is 0 Å². The van der Waals surface area contributed by atoms with Gasteiger partial charge in [-0.3, -0.25) is 0 Å². The lowest BCUT2D eigenvalue weighted by atomic mass is 10.0. The van der Waals surface area contributed by atoms with Crippen molar-refractivity contribution in [2.75, 3.05) is 7.11 Å². The van der Waals surface area contributed by atoms with Gasteiger partial charge in [0.15, 0.2) is 0 Å². The van der Waals surface area contributed by atoms with E-state index < -0.39 is 11.6 Å². The Hall–Kier alpha value is -2.48. The molecule has 1 aromatic heterocycles. The molecule has 0 fully saturated rings. The minimum atomic E-state index is -0.641. The van der Waals surface area contributed by atoms with Gasteiger partial charge in [-0.15, -0.1) is 0 Å². The molecule has 0 saturated heterocycles. The summed E-state index contributed by atoms with van der Waals surface area (Å²) in [6, 6.07) is 6.78. The third-order valence-corrected chi connectivity index (χ3v) is 2.43. The van der Waals surface area contributed by atoms with Gasteiger partial charge in [0.2, 0.25) is 5.88 Å². The van der Waals surface area contributed by atoms with Gasteiger partial charge in [0.1, 0.15) is 11.6 Å². The summed E-state index contributed by atoms with van der Waals surface area (Å²) in [5, 5.41) is 8.95. The van der Waals surface area contributed by atoms with Crippen LogP contribution in [0.25, 0.3) is 11.1 Å². The molecule has 0 spiro atoms. The lowest BCUT2D eigenvalue weighted by Crippen LogP contribution is -1.94. The quantitative estimate of drug-likeness (QED) is 0.818. The normalized spacial score (nSPS) is 9.89. The van der Waals surface area contributed by atoms with Crippen molar-refractivity contribution in [3.63, 3.8) is 0 Å². The van der Waals surface area contributed by atoms with Crippen molar-refractivity contribution < 1.29 is 13.5 Å². The van der Waals surface area contributed by atoms with E-state index in [1.165, 1.54) is 19.2 Å². The number of hydrogen-bond donors (Lipinski definition) is 0. The largest absolute Gasteiger partial charge is 0.481 e. The average Bonchev–Trinajstić information content (AvgIpc) is 2.39. The van der Waals surface area contributed by atoms with Crippen molar-refractivity contribution in [3.05, 3.63) is 47.7 Å². The average molecular weight is 246 g/mol. The van der Waals surface area contributed by atoms with E-state index in [0.717, 1.165) is 18.3 Å². The van der Waals surface area contributed by atoms with Crippen LogP contribution in [0.2, 0.25) is 0 Å². The first-order valence-electron chi connectivity index (χ1n) is 5.05. The minimum absolute atomic E-state index is 0.0814. The molecule has 0 aliphatic rings. The Kier molecular flexibility index (Phi) is 3.20. The van der Waals surface area contributed by atoms with Gasteiger partial charge in [-0.2, -0.15) is 5.26 Å². The van der Waals surface area contributed by atoms with Crippen molar-refractivity contribution in [2.45, 2.75) is 0 Å². The maximum Gasteiger partial charge on any atom is 0.213 e. The zero-order chi connectivity index (χ0) is 13.1. The highest BCUT2D eigenvalue weighted by Gasteiger charge is 2.13. The highest BCUT2D eigenvalue weighted by Crippen LogP contribution is 2.28.